The molecule has 0 bridgehead atoms. The Balaban J connectivity index is 1.64. The van der Waals surface area contributed by atoms with E-state index in [0.29, 0.717) is 24.5 Å². The second kappa shape index (κ2) is 6.54. The lowest BCUT2D eigenvalue weighted by molar-refractivity contribution is -0.121. The fraction of sp³-hybridized carbons (Fsp3) is 0.562. The Morgan fingerprint density at radius 1 is 1.48 bits per heavy atom. The zero-order chi connectivity index (χ0) is 16.4. The van der Waals surface area contributed by atoms with Crippen LogP contribution in [-0.4, -0.2) is 33.6 Å². The summed E-state index contributed by atoms with van der Waals surface area (Å²) in [6.07, 6.45) is 2.65. The molecule has 1 unspecified atom stereocenters. The Morgan fingerprint density at radius 3 is 3.04 bits per heavy atom. The molecule has 1 saturated heterocycles. The number of nitrogens with one attached hydrogen (secondary N) is 3. The predicted octanol–water partition coefficient (Wildman–Crippen LogP) is 0.645. The molecule has 7 heteroatoms. The van der Waals surface area contributed by atoms with Crippen molar-refractivity contribution in [3.05, 3.63) is 33.4 Å². The normalized spacial score (nSPS) is 17.7. The number of aromatic amines is 1. The summed E-state index contributed by atoms with van der Waals surface area (Å²) >= 11 is 0. The number of carbonyl (C=O) groups excluding carboxylic acids is 1. The molecule has 1 atom stereocenters. The van der Waals surface area contributed by atoms with Crippen molar-refractivity contribution >= 4 is 11.6 Å². The number of rotatable bonds is 5. The first-order chi connectivity index (χ1) is 11.0. The van der Waals surface area contributed by atoms with Crippen molar-refractivity contribution in [2.24, 2.45) is 5.92 Å². The number of hydrogen-bond acceptors (Lipinski definition) is 4. The van der Waals surface area contributed by atoms with Crippen LogP contribution in [0.3, 0.4) is 0 Å². The molecule has 2 aromatic heterocycles. The summed E-state index contributed by atoms with van der Waals surface area (Å²) in [6.45, 7) is 6.33. The van der Waals surface area contributed by atoms with E-state index >= 15 is 0 Å². The van der Waals surface area contributed by atoms with Gasteiger partial charge in [-0.25, -0.2) is 9.50 Å². The van der Waals surface area contributed by atoms with E-state index < -0.39 is 0 Å². The molecular weight excluding hydrogens is 294 g/mol. The van der Waals surface area contributed by atoms with E-state index in [4.69, 9.17) is 0 Å². The molecular formula is C16H23N5O2. The first kappa shape index (κ1) is 15.7. The quantitative estimate of drug-likeness (QED) is 0.755. The van der Waals surface area contributed by atoms with Crippen molar-refractivity contribution in [2.45, 2.75) is 39.7 Å². The largest absolute Gasteiger partial charge is 0.352 e. The maximum absolute atomic E-state index is 12.0. The van der Waals surface area contributed by atoms with Crippen molar-refractivity contribution in [3.63, 3.8) is 0 Å². The van der Waals surface area contributed by atoms with Gasteiger partial charge in [0.1, 0.15) is 0 Å². The standard InChI is InChI=1S/C16H23N5O2/c1-10-13(11(2)21-14(19-10)7-16(23)20-21)9-18-15(22)4-3-12-5-6-17-8-12/h7,12,17H,3-6,8-9H2,1-2H3,(H,18,22)(H,20,23). The molecule has 2 aromatic rings. The molecule has 23 heavy (non-hydrogen) atoms. The van der Waals surface area contributed by atoms with Crippen LogP contribution in [0.4, 0.5) is 0 Å². The van der Waals surface area contributed by atoms with Crippen molar-refractivity contribution < 1.29 is 4.79 Å². The molecule has 3 heterocycles. The number of carbonyl (C=O) groups is 1. The fourth-order valence-corrected chi connectivity index (χ4v) is 3.18. The van der Waals surface area contributed by atoms with Crippen LogP contribution in [0.1, 0.15) is 36.2 Å². The van der Waals surface area contributed by atoms with E-state index in [1.54, 1.807) is 4.52 Å². The summed E-state index contributed by atoms with van der Waals surface area (Å²) in [7, 11) is 0. The number of fused-ring (bicyclic) bond motifs is 1. The molecule has 1 aliphatic rings. The van der Waals surface area contributed by atoms with Gasteiger partial charge in [-0.05, 0) is 45.7 Å². The van der Waals surface area contributed by atoms with Gasteiger partial charge in [0.15, 0.2) is 5.65 Å². The van der Waals surface area contributed by atoms with Gasteiger partial charge < -0.3 is 10.6 Å². The van der Waals surface area contributed by atoms with E-state index in [1.165, 1.54) is 6.07 Å². The predicted molar refractivity (Wildman–Crippen MR) is 87.3 cm³/mol. The van der Waals surface area contributed by atoms with Gasteiger partial charge in [0.2, 0.25) is 5.91 Å². The van der Waals surface area contributed by atoms with Gasteiger partial charge in [0, 0.05) is 36.0 Å². The highest BCUT2D eigenvalue weighted by atomic mass is 16.1. The van der Waals surface area contributed by atoms with Crippen molar-refractivity contribution in [3.8, 4) is 0 Å². The molecule has 1 amide bonds. The maximum atomic E-state index is 12.0. The molecule has 7 nitrogen and oxygen atoms in total. The van der Waals surface area contributed by atoms with Crippen molar-refractivity contribution in [2.75, 3.05) is 13.1 Å². The van der Waals surface area contributed by atoms with Gasteiger partial charge in [-0.1, -0.05) is 0 Å². The molecule has 1 aliphatic heterocycles. The average molecular weight is 317 g/mol. The third-order valence-corrected chi connectivity index (χ3v) is 4.61. The van der Waals surface area contributed by atoms with E-state index in [9.17, 15) is 9.59 Å². The lowest BCUT2D eigenvalue weighted by Gasteiger charge is -2.13. The minimum Gasteiger partial charge on any atom is -0.352 e. The van der Waals surface area contributed by atoms with Gasteiger partial charge in [-0.15, -0.1) is 0 Å². The van der Waals surface area contributed by atoms with Crippen LogP contribution in [0.2, 0.25) is 0 Å². The highest BCUT2D eigenvalue weighted by Gasteiger charge is 2.16. The van der Waals surface area contributed by atoms with Crippen LogP contribution in [0.25, 0.3) is 5.65 Å². The fourth-order valence-electron chi connectivity index (χ4n) is 3.18. The Morgan fingerprint density at radius 2 is 2.30 bits per heavy atom. The smallest absolute Gasteiger partial charge is 0.266 e. The number of H-pyrrole nitrogens is 1. The molecule has 0 spiro atoms. The molecule has 3 N–H and O–H groups in total. The lowest BCUT2D eigenvalue weighted by atomic mass is 10.0. The molecule has 1 fully saturated rings. The van der Waals surface area contributed by atoms with Crippen LogP contribution in [0.15, 0.2) is 10.9 Å². The highest BCUT2D eigenvalue weighted by Crippen LogP contribution is 2.15. The topological polar surface area (TPSA) is 91.3 Å². The Kier molecular flexibility index (Phi) is 4.47. The van der Waals surface area contributed by atoms with Crippen LogP contribution >= 0.6 is 0 Å². The van der Waals surface area contributed by atoms with Crippen LogP contribution in [0.5, 0.6) is 0 Å². The maximum Gasteiger partial charge on any atom is 0.266 e. The third-order valence-electron chi connectivity index (χ3n) is 4.61. The summed E-state index contributed by atoms with van der Waals surface area (Å²) in [5.41, 5.74) is 3.11. The third kappa shape index (κ3) is 3.44. The summed E-state index contributed by atoms with van der Waals surface area (Å²) in [5, 5.41) is 9.01. The molecule has 124 valence electrons. The number of hydrogen-bond donors (Lipinski definition) is 3. The summed E-state index contributed by atoms with van der Waals surface area (Å²) < 4.78 is 1.67. The van der Waals surface area contributed by atoms with Gasteiger partial charge in [0.05, 0.1) is 0 Å². The van der Waals surface area contributed by atoms with E-state index in [0.717, 1.165) is 42.9 Å². The van der Waals surface area contributed by atoms with E-state index in [-0.39, 0.29) is 11.5 Å². The summed E-state index contributed by atoms with van der Waals surface area (Å²) in [6, 6.07) is 1.47. The van der Waals surface area contributed by atoms with Crippen LogP contribution in [0, 0.1) is 19.8 Å². The average Bonchev–Trinajstić information content (AvgIpc) is 3.14. The highest BCUT2D eigenvalue weighted by molar-refractivity contribution is 5.75. The molecule has 0 aliphatic carbocycles. The molecule has 0 radical (unpaired) electrons. The van der Waals surface area contributed by atoms with Crippen LogP contribution < -0.4 is 16.2 Å². The monoisotopic (exact) mass is 317 g/mol. The Bertz CT molecular complexity index is 771. The van der Waals surface area contributed by atoms with E-state index in [2.05, 4.69) is 20.7 Å². The summed E-state index contributed by atoms with van der Waals surface area (Å²) in [4.78, 5) is 27.9. The number of nitrogens with zero attached hydrogens (tertiary/aromatic N) is 2. The minimum atomic E-state index is -0.175. The first-order valence-corrected chi connectivity index (χ1v) is 8.10. The number of aryl methyl sites for hydroxylation is 2. The van der Waals surface area contributed by atoms with Crippen molar-refractivity contribution in [1.29, 1.82) is 0 Å². The first-order valence-electron chi connectivity index (χ1n) is 8.10. The van der Waals surface area contributed by atoms with Gasteiger partial charge in [0.25, 0.3) is 5.56 Å². The zero-order valence-corrected chi connectivity index (χ0v) is 13.6. The molecule has 0 aromatic carbocycles. The second-order valence-electron chi connectivity index (χ2n) is 6.25. The zero-order valence-electron chi connectivity index (χ0n) is 13.6. The lowest BCUT2D eigenvalue weighted by Crippen LogP contribution is -2.25. The number of aromatic nitrogens is 3. The van der Waals surface area contributed by atoms with E-state index in [1.807, 2.05) is 13.8 Å². The SMILES string of the molecule is Cc1nc2cc(=O)[nH]n2c(C)c1CNC(=O)CCC1CCNC1. The van der Waals surface area contributed by atoms with Gasteiger partial charge in [-0.2, -0.15) is 0 Å². The Hall–Kier alpha value is -2.15. The Labute approximate surface area is 134 Å². The van der Waals surface area contributed by atoms with Crippen LogP contribution in [-0.2, 0) is 11.3 Å². The van der Waals surface area contributed by atoms with Gasteiger partial charge >= 0.3 is 0 Å². The second-order valence-corrected chi connectivity index (χ2v) is 6.25. The molecule has 0 saturated carbocycles. The molecule has 3 rings (SSSR count). The van der Waals surface area contributed by atoms with Crippen molar-refractivity contribution in [1.82, 2.24) is 25.2 Å². The number of amides is 1. The summed E-state index contributed by atoms with van der Waals surface area (Å²) in [5.74, 6) is 0.684. The van der Waals surface area contributed by atoms with Gasteiger partial charge in [-0.3, -0.25) is 14.7 Å². The minimum absolute atomic E-state index is 0.0665.